The third-order valence-corrected chi connectivity index (χ3v) is 3.65. The van der Waals surface area contributed by atoms with Crippen LogP contribution in [0, 0.1) is 0 Å². The van der Waals surface area contributed by atoms with Crippen LogP contribution >= 0.6 is 0 Å². The maximum absolute atomic E-state index is 12.0. The van der Waals surface area contributed by atoms with Crippen LogP contribution in [0.5, 0.6) is 0 Å². The molecule has 2 aliphatic heterocycles. The van der Waals surface area contributed by atoms with Gasteiger partial charge in [0, 0.05) is 25.7 Å². The fraction of sp³-hybridized carbons (Fsp3) is 0.667. The summed E-state index contributed by atoms with van der Waals surface area (Å²) in [6, 6.07) is 1.95. The zero-order chi connectivity index (χ0) is 11.7. The Morgan fingerprint density at radius 3 is 2.82 bits per heavy atom. The molecule has 92 valence electrons. The summed E-state index contributed by atoms with van der Waals surface area (Å²) in [4.78, 5) is 14.2. The number of piperidine rings is 1. The lowest BCUT2D eigenvalue weighted by Gasteiger charge is -2.33. The van der Waals surface area contributed by atoms with Crippen LogP contribution in [0.1, 0.15) is 25.3 Å². The lowest BCUT2D eigenvalue weighted by atomic mass is 10.1. The van der Waals surface area contributed by atoms with Gasteiger partial charge < -0.3 is 10.2 Å². The first-order chi connectivity index (χ1) is 8.34. The van der Waals surface area contributed by atoms with E-state index in [2.05, 4.69) is 15.3 Å². The number of aromatic nitrogens is 2. The SMILES string of the molecule is O=c1cc(N2CCC2)cnn1[C@H]1CCCNC1. The Bertz CT molecular complexity index is 446. The van der Waals surface area contributed by atoms with Crippen molar-refractivity contribution in [1.29, 1.82) is 0 Å². The Labute approximate surface area is 100 Å². The van der Waals surface area contributed by atoms with Crippen molar-refractivity contribution in [2.24, 2.45) is 0 Å². The summed E-state index contributed by atoms with van der Waals surface area (Å²) in [7, 11) is 0. The van der Waals surface area contributed by atoms with Gasteiger partial charge in [-0.05, 0) is 25.8 Å². The van der Waals surface area contributed by atoms with Gasteiger partial charge in [-0.3, -0.25) is 4.79 Å². The Morgan fingerprint density at radius 1 is 1.35 bits per heavy atom. The second-order valence-electron chi connectivity index (χ2n) is 4.84. The number of anilines is 1. The Hall–Kier alpha value is -1.36. The van der Waals surface area contributed by atoms with Crippen LogP contribution in [-0.2, 0) is 0 Å². The Balaban J connectivity index is 1.82. The van der Waals surface area contributed by atoms with Gasteiger partial charge in [-0.1, -0.05) is 0 Å². The highest BCUT2D eigenvalue weighted by Gasteiger charge is 2.19. The largest absolute Gasteiger partial charge is 0.370 e. The van der Waals surface area contributed by atoms with E-state index < -0.39 is 0 Å². The van der Waals surface area contributed by atoms with Crippen LogP contribution in [-0.4, -0.2) is 36.0 Å². The van der Waals surface area contributed by atoms with Gasteiger partial charge in [0.2, 0.25) is 0 Å². The molecule has 0 unspecified atom stereocenters. The molecule has 2 fully saturated rings. The van der Waals surface area contributed by atoms with Gasteiger partial charge in [0.25, 0.3) is 5.56 Å². The van der Waals surface area contributed by atoms with Crippen LogP contribution in [0.15, 0.2) is 17.1 Å². The molecule has 0 aromatic carbocycles. The van der Waals surface area contributed by atoms with Gasteiger partial charge in [0.15, 0.2) is 0 Å². The van der Waals surface area contributed by atoms with Gasteiger partial charge in [-0.15, -0.1) is 0 Å². The average Bonchev–Trinajstić information content (AvgIpc) is 2.28. The number of nitrogens with zero attached hydrogens (tertiary/aromatic N) is 3. The summed E-state index contributed by atoms with van der Waals surface area (Å²) in [6.07, 6.45) is 5.21. The molecule has 0 radical (unpaired) electrons. The summed E-state index contributed by atoms with van der Waals surface area (Å²) in [6.45, 7) is 4.01. The molecular weight excluding hydrogens is 216 g/mol. The van der Waals surface area contributed by atoms with Gasteiger partial charge in [0.1, 0.15) is 0 Å². The summed E-state index contributed by atoms with van der Waals surface area (Å²) in [5.41, 5.74) is 1.00. The van der Waals surface area contributed by atoms with Crippen LogP contribution < -0.4 is 15.8 Å². The predicted octanol–water partition coefficient (Wildman–Crippen LogP) is 0.378. The third-order valence-electron chi connectivity index (χ3n) is 3.65. The molecule has 1 aromatic heterocycles. The molecule has 0 saturated carbocycles. The van der Waals surface area contributed by atoms with Gasteiger partial charge in [-0.2, -0.15) is 5.10 Å². The van der Waals surface area contributed by atoms with E-state index in [0.717, 1.165) is 44.7 Å². The number of hydrogen-bond acceptors (Lipinski definition) is 4. The maximum atomic E-state index is 12.0. The quantitative estimate of drug-likeness (QED) is 0.803. The lowest BCUT2D eigenvalue weighted by molar-refractivity contribution is 0.335. The number of rotatable bonds is 2. The van der Waals surface area contributed by atoms with Crippen molar-refractivity contribution < 1.29 is 0 Å². The van der Waals surface area contributed by atoms with Crippen LogP contribution in [0.25, 0.3) is 0 Å². The standard InChI is InChI=1S/C12H18N4O/c17-12-7-11(15-5-2-6-15)9-14-16(12)10-3-1-4-13-8-10/h7,9-10,13H,1-6,8H2/t10-/m0/s1. The minimum atomic E-state index is 0.0306. The zero-order valence-electron chi connectivity index (χ0n) is 9.93. The molecule has 5 heteroatoms. The first-order valence-electron chi connectivity index (χ1n) is 6.39. The third kappa shape index (κ3) is 2.07. The summed E-state index contributed by atoms with van der Waals surface area (Å²) in [5, 5.41) is 7.64. The summed E-state index contributed by atoms with van der Waals surface area (Å²) >= 11 is 0. The predicted molar refractivity (Wildman–Crippen MR) is 66.5 cm³/mol. The second kappa shape index (κ2) is 4.49. The maximum Gasteiger partial charge on any atom is 0.269 e. The molecule has 17 heavy (non-hydrogen) atoms. The van der Waals surface area contributed by atoms with E-state index in [1.807, 2.05) is 6.20 Å². The molecule has 0 bridgehead atoms. The van der Waals surface area contributed by atoms with Gasteiger partial charge >= 0.3 is 0 Å². The molecule has 1 aromatic rings. The zero-order valence-corrected chi connectivity index (χ0v) is 9.93. The molecule has 2 saturated heterocycles. The monoisotopic (exact) mass is 234 g/mol. The highest BCUT2D eigenvalue weighted by molar-refractivity contribution is 5.44. The first kappa shape index (κ1) is 10.8. The fourth-order valence-corrected chi connectivity index (χ4v) is 2.47. The van der Waals surface area contributed by atoms with E-state index in [0.29, 0.717) is 0 Å². The molecule has 3 rings (SSSR count). The number of hydrogen-bond donors (Lipinski definition) is 1. The van der Waals surface area contributed by atoms with Crippen molar-refractivity contribution in [3.63, 3.8) is 0 Å². The normalized spacial score (nSPS) is 24.5. The molecule has 1 N–H and O–H groups in total. The molecule has 0 spiro atoms. The Kier molecular flexibility index (Phi) is 2.84. The van der Waals surface area contributed by atoms with E-state index in [4.69, 9.17) is 0 Å². The van der Waals surface area contributed by atoms with Crippen molar-refractivity contribution in [1.82, 2.24) is 15.1 Å². The molecule has 1 atom stereocenters. The topological polar surface area (TPSA) is 50.2 Å². The molecule has 5 nitrogen and oxygen atoms in total. The minimum Gasteiger partial charge on any atom is -0.370 e. The van der Waals surface area contributed by atoms with Crippen molar-refractivity contribution in [3.05, 3.63) is 22.6 Å². The van der Waals surface area contributed by atoms with E-state index in [-0.39, 0.29) is 11.6 Å². The van der Waals surface area contributed by atoms with Crippen molar-refractivity contribution in [2.75, 3.05) is 31.1 Å². The minimum absolute atomic E-state index is 0.0306. The van der Waals surface area contributed by atoms with Crippen molar-refractivity contribution in [2.45, 2.75) is 25.3 Å². The highest BCUT2D eigenvalue weighted by Crippen LogP contribution is 2.18. The second-order valence-corrected chi connectivity index (χ2v) is 4.84. The highest BCUT2D eigenvalue weighted by atomic mass is 16.1. The van der Waals surface area contributed by atoms with E-state index in [1.54, 1.807) is 10.7 Å². The summed E-state index contributed by atoms with van der Waals surface area (Å²) < 4.78 is 1.63. The lowest BCUT2D eigenvalue weighted by Crippen LogP contribution is -2.40. The van der Waals surface area contributed by atoms with Gasteiger partial charge in [0.05, 0.1) is 17.9 Å². The van der Waals surface area contributed by atoms with Crippen molar-refractivity contribution in [3.8, 4) is 0 Å². The summed E-state index contributed by atoms with van der Waals surface area (Å²) in [5.74, 6) is 0. The van der Waals surface area contributed by atoms with Crippen LogP contribution in [0.2, 0.25) is 0 Å². The Morgan fingerprint density at radius 2 is 2.24 bits per heavy atom. The van der Waals surface area contributed by atoms with Gasteiger partial charge in [-0.25, -0.2) is 4.68 Å². The van der Waals surface area contributed by atoms with Crippen LogP contribution in [0.4, 0.5) is 5.69 Å². The van der Waals surface area contributed by atoms with E-state index >= 15 is 0 Å². The number of nitrogens with one attached hydrogen (secondary N) is 1. The van der Waals surface area contributed by atoms with E-state index in [9.17, 15) is 4.79 Å². The molecule has 3 heterocycles. The molecule has 2 aliphatic rings. The van der Waals surface area contributed by atoms with E-state index in [1.165, 1.54) is 6.42 Å². The van der Waals surface area contributed by atoms with Crippen LogP contribution in [0.3, 0.4) is 0 Å². The van der Waals surface area contributed by atoms with Crippen molar-refractivity contribution >= 4 is 5.69 Å². The average molecular weight is 234 g/mol. The molecule has 0 amide bonds. The molecule has 0 aliphatic carbocycles. The first-order valence-corrected chi connectivity index (χ1v) is 6.39. The smallest absolute Gasteiger partial charge is 0.269 e. The molecular formula is C12H18N4O. The fourth-order valence-electron chi connectivity index (χ4n) is 2.47.